The maximum absolute atomic E-state index is 10.6. The van der Waals surface area contributed by atoms with Crippen molar-refractivity contribution in [2.45, 2.75) is 19.8 Å². The molecule has 0 bridgehead atoms. The Morgan fingerprint density at radius 1 is 1.53 bits per heavy atom. The van der Waals surface area contributed by atoms with Crippen molar-refractivity contribution < 1.29 is 9.90 Å². The van der Waals surface area contributed by atoms with E-state index in [0.29, 0.717) is 5.56 Å². The molecule has 0 aliphatic heterocycles. The standard InChI is InChI=1S/C11H10INO2/c1-2-7-3-8(5-11(14)15)10(12)4-9(7)6-13/h3-4H,2,5H2,1H3,(H,14,15). The van der Waals surface area contributed by atoms with Crippen LogP contribution in [0.3, 0.4) is 0 Å². The van der Waals surface area contributed by atoms with Gasteiger partial charge in [-0.25, -0.2) is 0 Å². The van der Waals surface area contributed by atoms with Gasteiger partial charge >= 0.3 is 5.97 Å². The fourth-order valence-electron chi connectivity index (χ4n) is 1.36. The number of halogens is 1. The molecule has 0 saturated heterocycles. The van der Waals surface area contributed by atoms with E-state index in [2.05, 4.69) is 28.7 Å². The second-order valence-corrected chi connectivity index (χ2v) is 4.30. The molecule has 0 aliphatic rings. The highest BCUT2D eigenvalue weighted by molar-refractivity contribution is 14.1. The molecular weight excluding hydrogens is 305 g/mol. The number of hydrogen-bond donors (Lipinski definition) is 1. The maximum Gasteiger partial charge on any atom is 0.307 e. The lowest BCUT2D eigenvalue weighted by Crippen LogP contribution is -2.04. The van der Waals surface area contributed by atoms with Crippen molar-refractivity contribution in [1.29, 1.82) is 5.26 Å². The van der Waals surface area contributed by atoms with Gasteiger partial charge < -0.3 is 5.11 Å². The van der Waals surface area contributed by atoms with Crippen molar-refractivity contribution in [2.24, 2.45) is 0 Å². The van der Waals surface area contributed by atoms with Crippen LogP contribution in [-0.4, -0.2) is 11.1 Å². The maximum atomic E-state index is 10.6. The molecule has 0 radical (unpaired) electrons. The van der Waals surface area contributed by atoms with Crippen LogP contribution in [0, 0.1) is 14.9 Å². The Morgan fingerprint density at radius 3 is 2.67 bits per heavy atom. The van der Waals surface area contributed by atoms with Crippen molar-refractivity contribution in [2.75, 3.05) is 0 Å². The monoisotopic (exact) mass is 315 g/mol. The summed E-state index contributed by atoms with van der Waals surface area (Å²) in [6, 6.07) is 5.68. The first-order valence-electron chi connectivity index (χ1n) is 4.51. The minimum absolute atomic E-state index is 0.0109. The smallest absolute Gasteiger partial charge is 0.307 e. The van der Waals surface area contributed by atoms with Crippen molar-refractivity contribution >= 4 is 28.6 Å². The zero-order valence-corrected chi connectivity index (χ0v) is 10.4. The third-order valence-corrected chi connectivity index (χ3v) is 3.12. The van der Waals surface area contributed by atoms with Crippen molar-refractivity contribution in [3.63, 3.8) is 0 Å². The molecule has 0 aliphatic carbocycles. The first kappa shape index (κ1) is 12.0. The van der Waals surface area contributed by atoms with Crippen molar-refractivity contribution in [1.82, 2.24) is 0 Å². The van der Waals surface area contributed by atoms with Gasteiger partial charge in [0.05, 0.1) is 18.1 Å². The van der Waals surface area contributed by atoms with Crippen molar-refractivity contribution in [3.8, 4) is 6.07 Å². The average Bonchev–Trinajstić information content (AvgIpc) is 2.19. The number of aliphatic carboxylic acids is 1. The molecule has 0 aromatic heterocycles. The van der Waals surface area contributed by atoms with Gasteiger partial charge in [0, 0.05) is 3.57 Å². The SMILES string of the molecule is CCc1cc(CC(=O)O)c(I)cc1C#N. The van der Waals surface area contributed by atoms with E-state index in [9.17, 15) is 4.79 Å². The summed E-state index contributed by atoms with van der Waals surface area (Å²) in [6.07, 6.45) is 0.753. The van der Waals surface area contributed by atoms with Gasteiger partial charge in [-0.2, -0.15) is 5.26 Å². The van der Waals surface area contributed by atoms with Crippen LogP contribution in [-0.2, 0) is 17.6 Å². The quantitative estimate of drug-likeness (QED) is 0.871. The molecule has 4 heteroatoms. The summed E-state index contributed by atoms with van der Waals surface area (Å²) in [7, 11) is 0. The minimum atomic E-state index is -0.848. The van der Waals surface area contributed by atoms with Crippen LogP contribution in [0.15, 0.2) is 12.1 Å². The number of rotatable bonds is 3. The van der Waals surface area contributed by atoms with E-state index < -0.39 is 5.97 Å². The lowest BCUT2D eigenvalue weighted by atomic mass is 10.0. The van der Waals surface area contributed by atoms with E-state index in [1.54, 1.807) is 6.07 Å². The fourth-order valence-corrected chi connectivity index (χ4v) is 2.02. The summed E-state index contributed by atoms with van der Waals surface area (Å²) in [5, 5.41) is 17.6. The second-order valence-electron chi connectivity index (χ2n) is 3.14. The normalized spacial score (nSPS) is 9.67. The van der Waals surface area contributed by atoms with Crippen LogP contribution >= 0.6 is 22.6 Å². The van der Waals surface area contributed by atoms with E-state index in [4.69, 9.17) is 10.4 Å². The Morgan fingerprint density at radius 2 is 2.20 bits per heavy atom. The van der Waals surface area contributed by atoms with Gasteiger partial charge in [-0.1, -0.05) is 13.0 Å². The molecule has 1 aromatic carbocycles. The molecule has 1 rings (SSSR count). The molecule has 15 heavy (non-hydrogen) atoms. The van der Waals surface area contributed by atoms with E-state index in [-0.39, 0.29) is 6.42 Å². The average molecular weight is 315 g/mol. The zero-order valence-electron chi connectivity index (χ0n) is 8.25. The first-order valence-corrected chi connectivity index (χ1v) is 5.59. The summed E-state index contributed by atoms with van der Waals surface area (Å²) in [5.74, 6) is -0.848. The van der Waals surface area contributed by atoms with Crippen LogP contribution < -0.4 is 0 Å². The van der Waals surface area contributed by atoms with Crippen LogP contribution in [0.1, 0.15) is 23.6 Å². The molecule has 0 saturated carbocycles. The lowest BCUT2D eigenvalue weighted by molar-refractivity contribution is -0.136. The third kappa shape index (κ3) is 2.93. The number of carboxylic acid groups (broad SMARTS) is 1. The highest BCUT2D eigenvalue weighted by atomic mass is 127. The van der Waals surface area contributed by atoms with Gasteiger partial charge in [0.1, 0.15) is 0 Å². The summed E-state index contributed by atoms with van der Waals surface area (Å²) >= 11 is 2.06. The van der Waals surface area contributed by atoms with Gasteiger partial charge in [0.25, 0.3) is 0 Å². The van der Waals surface area contributed by atoms with Gasteiger partial charge in [0.2, 0.25) is 0 Å². The van der Waals surface area contributed by atoms with E-state index >= 15 is 0 Å². The van der Waals surface area contributed by atoms with Gasteiger partial charge in [-0.15, -0.1) is 0 Å². The van der Waals surface area contributed by atoms with Gasteiger partial charge in [-0.05, 0) is 46.2 Å². The Hall–Kier alpha value is -1.09. The molecule has 0 atom stereocenters. The predicted octanol–water partition coefficient (Wildman–Crippen LogP) is 2.35. The fraction of sp³-hybridized carbons (Fsp3) is 0.273. The van der Waals surface area contributed by atoms with E-state index in [1.165, 1.54) is 0 Å². The Kier molecular flexibility index (Phi) is 4.09. The topological polar surface area (TPSA) is 61.1 Å². The molecule has 1 N–H and O–H groups in total. The number of carbonyl (C=O) groups is 1. The highest BCUT2D eigenvalue weighted by Crippen LogP contribution is 2.19. The Balaban J connectivity index is 3.21. The third-order valence-electron chi connectivity index (χ3n) is 2.12. The molecule has 0 spiro atoms. The number of aryl methyl sites for hydroxylation is 1. The first-order chi connectivity index (χ1) is 7.08. The molecule has 0 unspecified atom stereocenters. The summed E-state index contributed by atoms with van der Waals surface area (Å²) in [5.41, 5.74) is 2.32. The molecule has 0 amide bonds. The number of nitriles is 1. The van der Waals surface area contributed by atoms with Crippen molar-refractivity contribution in [3.05, 3.63) is 32.4 Å². The molecule has 0 fully saturated rings. The Bertz CT molecular complexity index is 435. The molecule has 1 aromatic rings. The molecule has 0 heterocycles. The van der Waals surface area contributed by atoms with Crippen LogP contribution in [0.2, 0.25) is 0 Å². The lowest BCUT2D eigenvalue weighted by Gasteiger charge is -2.06. The number of nitrogens with zero attached hydrogens (tertiary/aromatic N) is 1. The van der Waals surface area contributed by atoms with Crippen LogP contribution in [0.25, 0.3) is 0 Å². The van der Waals surface area contributed by atoms with Crippen LogP contribution in [0.4, 0.5) is 0 Å². The van der Waals surface area contributed by atoms with E-state index in [0.717, 1.165) is 21.1 Å². The number of benzene rings is 1. The highest BCUT2D eigenvalue weighted by Gasteiger charge is 2.09. The van der Waals surface area contributed by atoms with Gasteiger partial charge in [-0.3, -0.25) is 4.79 Å². The zero-order chi connectivity index (χ0) is 11.4. The predicted molar refractivity (Wildman–Crippen MR) is 64.6 cm³/mol. The molecule has 78 valence electrons. The largest absolute Gasteiger partial charge is 0.481 e. The molecular formula is C11H10INO2. The van der Waals surface area contributed by atoms with Gasteiger partial charge in [0.15, 0.2) is 0 Å². The summed E-state index contributed by atoms with van der Waals surface area (Å²) < 4.78 is 0.837. The minimum Gasteiger partial charge on any atom is -0.481 e. The number of carboxylic acids is 1. The van der Waals surface area contributed by atoms with Crippen LogP contribution in [0.5, 0.6) is 0 Å². The summed E-state index contributed by atoms with van der Waals surface area (Å²) in [6.45, 7) is 1.95. The second kappa shape index (κ2) is 5.12. The van der Waals surface area contributed by atoms with E-state index in [1.807, 2.05) is 13.0 Å². The molecule has 3 nitrogen and oxygen atoms in total. The number of hydrogen-bond acceptors (Lipinski definition) is 2. The Labute approximate surface area is 102 Å². The summed E-state index contributed by atoms with van der Waals surface area (Å²) in [4.78, 5) is 10.6.